The Morgan fingerprint density at radius 1 is 0.400 bits per heavy atom. The summed E-state index contributed by atoms with van der Waals surface area (Å²) in [5, 5.41) is 120. The highest BCUT2D eigenvalue weighted by molar-refractivity contribution is 5.76. The molecule has 3 saturated heterocycles. The molecule has 0 aromatic heterocycles. The first kappa shape index (κ1) is 81.5. The van der Waals surface area contributed by atoms with E-state index in [9.17, 15) is 61.0 Å². The zero-order chi connectivity index (χ0) is 65.4. The lowest BCUT2D eigenvalue weighted by Gasteiger charge is -2.48. The Kier molecular flexibility index (Phi) is 47.5. The molecule has 19 heteroatoms. The third-order valence-corrected chi connectivity index (χ3v) is 17.2. The van der Waals surface area contributed by atoms with E-state index in [1.807, 2.05) is 6.08 Å². The van der Waals surface area contributed by atoms with Gasteiger partial charge in [0, 0.05) is 6.42 Å². The van der Waals surface area contributed by atoms with Crippen LogP contribution in [0.15, 0.2) is 72.9 Å². The molecule has 3 heterocycles. The number of ether oxygens (including phenoxy) is 6. The second kappa shape index (κ2) is 52.5. The first-order valence-corrected chi connectivity index (χ1v) is 35.2. The zero-order valence-electron chi connectivity index (χ0n) is 55.1. The van der Waals surface area contributed by atoms with Crippen LogP contribution >= 0.6 is 0 Å². The lowest BCUT2D eigenvalue weighted by atomic mass is 9.96. The standard InChI is InChI=1S/C71H125NO18/c1-3-5-7-9-11-13-15-17-19-20-21-22-23-24-25-26-27-28-29-30-31-32-33-34-35-37-39-41-43-45-47-49-59(77)72-54(55(76)48-46-44-42-40-38-36-18-16-14-12-10-8-6-4-2)53-85-69-65(83)62(80)67(57(51-74)87-69)90-71-66(84)63(81)68(58(52-75)88-71)89-70-64(82)61(79)60(78)56(50-73)86-70/h14-17,20-21,23-24,38,40,46,48,54-58,60-71,73-76,78-84H,3-13,18-19,22,25-37,39,41-45,47,49-53H2,1-2H3,(H,72,77)/b16-14+,17-15-,21-20-,24-23-,40-38+,48-46+. The summed E-state index contributed by atoms with van der Waals surface area (Å²) in [6.45, 7) is 1.66. The van der Waals surface area contributed by atoms with E-state index in [4.69, 9.17) is 28.4 Å². The molecule has 0 aromatic carbocycles. The van der Waals surface area contributed by atoms with Crippen molar-refractivity contribution in [1.82, 2.24) is 5.32 Å². The molecule has 17 atom stereocenters. The van der Waals surface area contributed by atoms with Crippen LogP contribution in [0.25, 0.3) is 0 Å². The van der Waals surface area contributed by atoms with Crippen molar-refractivity contribution in [2.24, 2.45) is 0 Å². The van der Waals surface area contributed by atoms with Crippen LogP contribution in [-0.4, -0.2) is 193 Å². The summed E-state index contributed by atoms with van der Waals surface area (Å²) in [6.07, 6.45) is 38.9. The SMILES string of the molecule is CCCCCC/C=C/CC/C=C/CC/C=C/C(O)C(COC1OC(CO)C(OC2OC(CO)C(OC3OC(CO)C(O)C(O)C3O)C(O)C2O)C(O)C1O)NC(=O)CCCCCCCCCCCCCCCCCC/C=C\C/C=C\C/C=C\CCCCCCC. The van der Waals surface area contributed by atoms with Gasteiger partial charge < -0.3 is 89.9 Å². The van der Waals surface area contributed by atoms with Crippen molar-refractivity contribution in [3.8, 4) is 0 Å². The largest absolute Gasteiger partial charge is 0.394 e. The van der Waals surface area contributed by atoms with Gasteiger partial charge in [-0.3, -0.25) is 4.79 Å². The first-order valence-electron chi connectivity index (χ1n) is 35.2. The number of rotatable bonds is 53. The van der Waals surface area contributed by atoms with Gasteiger partial charge in [0.25, 0.3) is 0 Å². The maximum Gasteiger partial charge on any atom is 0.220 e. The highest BCUT2D eigenvalue weighted by Crippen LogP contribution is 2.33. The molecular weight excluding hydrogens is 1150 g/mol. The summed E-state index contributed by atoms with van der Waals surface area (Å²) in [4.78, 5) is 13.4. The van der Waals surface area contributed by atoms with Gasteiger partial charge in [-0.25, -0.2) is 0 Å². The summed E-state index contributed by atoms with van der Waals surface area (Å²) >= 11 is 0. The van der Waals surface area contributed by atoms with E-state index in [0.29, 0.717) is 12.8 Å². The molecule has 1 amide bonds. The van der Waals surface area contributed by atoms with Crippen molar-refractivity contribution < 1.29 is 89.4 Å². The van der Waals surface area contributed by atoms with Gasteiger partial charge in [0.1, 0.15) is 73.2 Å². The molecular formula is C71H125NO18. The minimum Gasteiger partial charge on any atom is -0.394 e. The Morgan fingerprint density at radius 2 is 0.744 bits per heavy atom. The Hall–Kier alpha value is -2.77. The first-order chi connectivity index (χ1) is 43.8. The number of carbonyl (C=O) groups is 1. The predicted molar refractivity (Wildman–Crippen MR) is 351 cm³/mol. The van der Waals surface area contributed by atoms with Gasteiger partial charge >= 0.3 is 0 Å². The molecule has 19 nitrogen and oxygen atoms in total. The number of unbranched alkanes of at least 4 members (excludes halogenated alkanes) is 27. The Bertz CT molecular complexity index is 1920. The van der Waals surface area contributed by atoms with Crippen LogP contribution in [0, 0.1) is 0 Å². The minimum absolute atomic E-state index is 0.230. The third kappa shape index (κ3) is 34.1. The number of hydrogen-bond acceptors (Lipinski definition) is 18. The van der Waals surface area contributed by atoms with Crippen LogP contribution in [0.5, 0.6) is 0 Å². The zero-order valence-corrected chi connectivity index (χ0v) is 55.1. The molecule has 0 saturated carbocycles. The lowest BCUT2D eigenvalue weighted by molar-refractivity contribution is -0.379. The molecule has 90 heavy (non-hydrogen) atoms. The Balaban J connectivity index is 1.39. The summed E-state index contributed by atoms with van der Waals surface area (Å²) in [5.74, 6) is -0.291. The van der Waals surface area contributed by atoms with E-state index in [-0.39, 0.29) is 18.9 Å². The maximum atomic E-state index is 13.4. The van der Waals surface area contributed by atoms with Crippen molar-refractivity contribution in [3.63, 3.8) is 0 Å². The second-order valence-electron chi connectivity index (χ2n) is 25.0. The van der Waals surface area contributed by atoms with Crippen molar-refractivity contribution in [2.75, 3.05) is 26.4 Å². The number of carbonyl (C=O) groups excluding carboxylic acids is 1. The highest BCUT2D eigenvalue weighted by atomic mass is 16.8. The topological polar surface area (TPSA) is 307 Å². The monoisotopic (exact) mass is 1280 g/mol. The van der Waals surface area contributed by atoms with Crippen molar-refractivity contribution >= 4 is 5.91 Å². The molecule has 3 rings (SSSR count). The Morgan fingerprint density at radius 3 is 1.20 bits per heavy atom. The maximum absolute atomic E-state index is 13.4. The lowest BCUT2D eigenvalue weighted by Crippen LogP contribution is -2.66. The number of hydrogen-bond donors (Lipinski definition) is 12. The molecule has 17 unspecified atom stereocenters. The average molecular weight is 1280 g/mol. The average Bonchev–Trinajstić information content (AvgIpc) is 0.995. The molecule has 0 aromatic rings. The minimum atomic E-state index is -1.98. The van der Waals surface area contributed by atoms with Crippen molar-refractivity contribution in [1.29, 1.82) is 0 Å². The number of amides is 1. The van der Waals surface area contributed by atoms with Crippen LogP contribution in [0.2, 0.25) is 0 Å². The fourth-order valence-electron chi connectivity index (χ4n) is 11.5. The van der Waals surface area contributed by atoms with Crippen LogP contribution in [0.1, 0.15) is 239 Å². The highest BCUT2D eigenvalue weighted by Gasteiger charge is 2.53. The smallest absolute Gasteiger partial charge is 0.220 e. The fourth-order valence-corrected chi connectivity index (χ4v) is 11.5. The van der Waals surface area contributed by atoms with Crippen molar-refractivity contribution in [2.45, 2.75) is 343 Å². The van der Waals surface area contributed by atoms with Crippen LogP contribution in [0.4, 0.5) is 0 Å². The predicted octanol–water partition coefficient (Wildman–Crippen LogP) is 9.33. The third-order valence-electron chi connectivity index (χ3n) is 17.2. The number of nitrogens with one attached hydrogen (secondary N) is 1. The Labute approximate surface area is 540 Å². The van der Waals surface area contributed by atoms with Gasteiger partial charge in [-0.1, -0.05) is 222 Å². The van der Waals surface area contributed by atoms with Gasteiger partial charge in [-0.05, 0) is 83.5 Å². The van der Waals surface area contributed by atoms with Crippen LogP contribution in [-0.2, 0) is 33.2 Å². The summed E-state index contributed by atoms with van der Waals surface area (Å²) in [5.41, 5.74) is 0. The number of allylic oxidation sites excluding steroid dienone is 11. The van der Waals surface area contributed by atoms with E-state index in [2.05, 4.69) is 79.9 Å². The van der Waals surface area contributed by atoms with Gasteiger partial charge in [0.2, 0.25) is 5.91 Å². The summed E-state index contributed by atoms with van der Waals surface area (Å²) < 4.78 is 34.3. The molecule has 3 aliphatic rings. The van der Waals surface area contributed by atoms with E-state index in [1.165, 1.54) is 148 Å². The van der Waals surface area contributed by atoms with Gasteiger partial charge in [0.05, 0.1) is 38.6 Å². The van der Waals surface area contributed by atoms with Crippen LogP contribution < -0.4 is 5.32 Å². The van der Waals surface area contributed by atoms with Crippen molar-refractivity contribution in [3.05, 3.63) is 72.9 Å². The molecule has 0 spiro atoms. The molecule has 522 valence electrons. The second-order valence-corrected chi connectivity index (χ2v) is 25.0. The molecule has 3 aliphatic heterocycles. The summed E-state index contributed by atoms with van der Waals surface area (Å²) in [6, 6.07) is -0.998. The molecule has 0 radical (unpaired) electrons. The van der Waals surface area contributed by atoms with E-state index in [1.54, 1.807) is 6.08 Å². The van der Waals surface area contributed by atoms with E-state index >= 15 is 0 Å². The fraction of sp³-hybridized carbons (Fsp3) is 0.817. The molecule has 3 fully saturated rings. The summed E-state index contributed by atoms with van der Waals surface area (Å²) in [7, 11) is 0. The van der Waals surface area contributed by atoms with E-state index in [0.717, 1.165) is 57.8 Å². The van der Waals surface area contributed by atoms with Gasteiger partial charge in [0.15, 0.2) is 18.9 Å². The van der Waals surface area contributed by atoms with E-state index < -0.39 is 124 Å². The quantitative estimate of drug-likeness (QED) is 0.0199. The van der Waals surface area contributed by atoms with Gasteiger partial charge in [-0.2, -0.15) is 0 Å². The number of aliphatic hydroxyl groups is 11. The normalized spacial score (nSPS) is 28.5. The molecule has 0 aliphatic carbocycles. The van der Waals surface area contributed by atoms with Crippen LogP contribution in [0.3, 0.4) is 0 Å². The molecule has 12 N–H and O–H groups in total. The number of aliphatic hydroxyl groups excluding tert-OH is 11. The molecule has 0 bridgehead atoms. The van der Waals surface area contributed by atoms with Gasteiger partial charge in [-0.15, -0.1) is 0 Å².